The van der Waals surface area contributed by atoms with E-state index in [1.54, 1.807) is 24.4 Å². The highest BCUT2D eigenvalue weighted by Crippen LogP contribution is 2.35. The summed E-state index contributed by atoms with van der Waals surface area (Å²) in [5, 5.41) is 9.70. The Labute approximate surface area is 266 Å². The molecule has 3 heterocycles. The zero-order chi connectivity index (χ0) is 31.7. The monoisotopic (exact) mass is 645 g/mol. The van der Waals surface area contributed by atoms with Gasteiger partial charge in [-0.1, -0.05) is 37.6 Å². The number of piperidine rings is 1. The maximum absolute atomic E-state index is 13.4. The third-order valence-electron chi connectivity index (χ3n) is 7.84. The molecule has 1 aromatic carbocycles. The highest BCUT2D eigenvalue weighted by atomic mass is 35.5. The molecule has 238 valence electrons. The van der Waals surface area contributed by atoms with E-state index in [4.69, 9.17) is 16.3 Å². The van der Waals surface area contributed by atoms with E-state index in [9.17, 15) is 19.2 Å². The van der Waals surface area contributed by atoms with Gasteiger partial charge in [-0.2, -0.15) is 0 Å². The number of fused-ring (bicyclic) bond motifs is 1. The predicted molar refractivity (Wildman–Crippen MR) is 169 cm³/mol. The van der Waals surface area contributed by atoms with Crippen molar-refractivity contribution >= 4 is 51.8 Å². The van der Waals surface area contributed by atoms with E-state index in [1.165, 1.54) is 18.4 Å². The van der Waals surface area contributed by atoms with Gasteiger partial charge in [0.1, 0.15) is 18.4 Å². The number of halogens is 1. The van der Waals surface area contributed by atoms with Crippen molar-refractivity contribution in [2.75, 3.05) is 45.2 Å². The molecule has 13 heteroatoms. The van der Waals surface area contributed by atoms with E-state index in [-0.39, 0.29) is 54.3 Å². The van der Waals surface area contributed by atoms with Gasteiger partial charge in [0.25, 0.3) is 5.91 Å². The summed E-state index contributed by atoms with van der Waals surface area (Å²) in [5.74, 6) is -0.603. The molecule has 44 heavy (non-hydrogen) atoms. The van der Waals surface area contributed by atoms with Crippen LogP contribution in [0.5, 0.6) is 5.75 Å². The molecule has 4 rings (SSSR count). The van der Waals surface area contributed by atoms with Crippen molar-refractivity contribution in [2.24, 2.45) is 11.3 Å². The first kappa shape index (κ1) is 33.4. The number of hydrogen-bond donors (Lipinski definition) is 3. The molecule has 1 aromatic heterocycles. The molecular formula is C31H40ClN5O6S. The van der Waals surface area contributed by atoms with E-state index in [1.807, 2.05) is 19.9 Å². The zero-order valence-corrected chi connectivity index (χ0v) is 26.9. The van der Waals surface area contributed by atoms with E-state index in [2.05, 4.69) is 36.6 Å². The van der Waals surface area contributed by atoms with Crippen LogP contribution in [-0.2, 0) is 25.5 Å². The molecule has 1 fully saturated rings. The first-order chi connectivity index (χ1) is 21.1. The average Bonchev–Trinajstić information content (AvgIpc) is 3.42. The second kappa shape index (κ2) is 15.5. The lowest BCUT2D eigenvalue weighted by Gasteiger charge is -2.41. The van der Waals surface area contributed by atoms with Gasteiger partial charge in [0.2, 0.25) is 11.8 Å². The van der Waals surface area contributed by atoms with Crippen LogP contribution in [0, 0.1) is 11.3 Å². The minimum absolute atomic E-state index is 0.113. The number of thiazole rings is 1. The number of allylic oxidation sites excluding steroid dienone is 1. The van der Waals surface area contributed by atoms with Gasteiger partial charge in [0, 0.05) is 22.6 Å². The smallest absolute Gasteiger partial charge is 0.310 e. The van der Waals surface area contributed by atoms with Crippen LogP contribution in [-0.4, -0.2) is 79.5 Å². The minimum Gasteiger partial charge on any atom is -0.489 e. The number of amides is 3. The molecule has 3 amide bonds. The van der Waals surface area contributed by atoms with Gasteiger partial charge >= 0.3 is 5.97 Å². The normalized spacial score (nSPS) is 20.1. The van der Waals surface area contributed by atoms with Gasteiger partial charge in [0.05, 0.1) is 25.6 Å². The Hall–Kier alpha value is -3.48. The Kier molecular flexibility index (Phi) is 11.8. The SMILES string of the molecule is COC(=O)Cc1cnc(NC(=O)CN2CCC3(C/C=C/COc4ccc(Cl)cc4C(=O)N[C@@H](CC(C)C)C(=O)NC3)CC2)s1. The first-order valence-electron chi connectivity index (χ1n) is 14.8. The minimum atomic E-state index is -0.715. The molecule has 0 aliphatic carbocycles. The van der Waals surface area contributed by atoms with Crippen molar-refractivity contribution in [2.45, 2.75) is 52.0 Å². The summed E-state index contributed by atoms with van der Waals surface area (Å²) < 4.78 is 10.6. The largest absolute Gasteiger partial charge is 0.489 e. The van der Waals surface area contributed by atoms with Gasteiger partial charge < -0.3 is 25.4 Å². The second-order valence-corrected chi connectivity index (χ2v) is 13.3. The fourth-order valence-corrected chi connectivity index (χ4v) is 6.33. The first-order valence-corrected chi connectivity index (χ1v) is 15.9. The lowest BCUT2D eigenvalue weighted by atomic mass is 9.75. The number of anilines is 1. The van der Waals surface area contributed by atoms with Gasteiger partial charge in [0.15, 0.2) is 5.13 Å². The number of benzene rings is 1. The number of aromatic nitrogens is 1. The molecule has 11 nitrogen and oxygen atoms in total. The van der Waals surface area contributed by atoms with Crippen LogP contribution in [0.4, 0.5) is 5.13 Å². The number of rotatable bonds is 7. The number of carbonyl (C=O) groups is 4. The van der Waals surface area contributed by atoms with Crippen LogP contribution in [0.3, 0.4) is 0 Å². The molecule has 2 aliphatic rings. The Morgan fingerprint density at radius 3 is 2.75 bits per heavy atom. The lowest BCUT2D eigenvalue weighted by Crippen LogP contribution is -2.52. The zero-order valence-electron chi connectivity index (χ0n) is 25.3. The molecular weight excluding hydrogens is 606 g/mol. The van der Waals surface area contributed by atoms with Gasteiger partial charge in [-0.15, -0.1) is 11.3 Å². The van der Waals surface area contributed by atoms with E-state index < -0.39 is 11.9 Å². The highest BCUT2D eigenvalue weighted by Gasteiger charge is 2.35. The van der Waals surface area contributed by atoms with Crippen molar-refractivity contribution in [3.05, 3.63) is 52.0 Å². The molecule has 0 bridgehead atoms. The third-order valence-corrected chi connectivity index (χ3v) is 8.98. The molecule has 2 aromatic rings. The summed E-state index contributed by atoms with van der Waals surface area (Å²) >= 11 is 7.42. The summed E-state index contributed by atoms with van der Waals surface area (Å²) in [4.78, 5) is 57.9. The quantitative estimate of drug-likeness (QED) is 0.305. The third kappa shape index (κ3) is 9.51. The van der Waals surface area contributed by atoms with Crippen LogP contribution >= 0.6 is 22.9 Å². The number of methoxy groups -OCH3 is 1. The maximum atomic E-state index is 13.4. The maximum Gasteiger partial charge on any atom is 0.310 e. The molecule has 0 saturated carbocycles. The molecule has 1 atom stereocenters. The van der Waals surface area contributed by atoms with Crippen molar-refractivity contribution < 1.29 is 28.7 Å². The Morgan fingerprint density at radius 2 is 2.02 bits per heavy atom. The number of nitrogens with zero attached hydrogens (tertiary/aromatic N) is 2. The summed E-state index contributed by atoms with van der Waals surface area (Å²) in [5.41, 5.74) is 0.0769. The average molecular weight is 646 g/mol. The Balaban J connectivity index is 1.40. The number of ether oxygens (including phenoxy) is 2. The molecule has 0 radical (unpaired) electrons. The van der Waals surface area contributed by atoms with Gasteiger partial charge in [-0.05, 0) is 68.3 Å². The molecule has 2 aliphatic heterocycles. The van der Waals surface area contributed by atoms with E-state index >= 15 is 0 Å². The summed E-state index contributed by atoms with van der Waals surface area (Å²) in [6, 6.07) is 4.17. The lowest BCUT2D eigenvalue weighted by molar-refractivity contribution is -0.139. The Morgan fingerprint density at radius 1 is 1.25 bits per heavy atom. The Bertz CT molecular complexity index is 1370. The highest BCUT2D eigenvalue weighted by molar-refractivity contribution is 7.15. The summed E-state index contributed by atoms with van der Waals surface area (Å²) in [6.45, 7) is 6.32. The fraction of sp³-hybridized carbons (Fsp3) is 0.516. The number of nitrogens with one attached hydrogen (secondary N) is 3. The van der Waals surface area contributed by atoms with E-state index in [0.29, 0.717) is 46.8 Å². The van der Waals surface area contributed by atoms with Crippen LogP contribution < -0.4 is 20.7 Å². The summed E-state index contributed by atoms with van der Waals surface area (Å²) in [7, 11) is 1.33. The standard InChI is InChI=1S/C31H40ClN5O6S/c1-20(2)14-24-29(41)34-19-31(8-4-5-13-43-25-7-6-21(32)15-23(25)28(40)35-24)9-11-37(12-10-31)18-26(38)36-30-33-17-22(44-30)16-27(39)42-3/h4-7,15,17,20,24H,8-14,16,18-19H2,1-3H3,(H,34,41)(H,35,40)(H,33,36,38)/b5-4+/t24-/m0/s1. The van der Waals surface area contributed by atoms with Crippen LogP contribution in [0.1, 0.15) is 54.8 Å². The fourth-order valence-electron chi connectivity index (χ4n) is 5.34. The number of esters is 1. The second-order valence-electron chi connectivity index (χ2n) is 11.7. The van der Waals surface area contributed by atoms with Crippen molar-refractivity contribution in [3.63, 3.8) is 0 Å². The molecule has 0 unspecified atom stereocenters. The van der Waals surface area contributed by atoms with Crippen LogP contribution in [0.25, 0.3) is 0 Å². The van der Waals surface area contributed by atoms with Crippen LogP contribution in [0.2, 0.25) is 5.02 Å². The van der Waals surface area contributed by atoms with Crippen molar-refractivity contribution in [1.82, 2.24) is 20.5 Å². The van der Waals surface area contributed by atoms with Crippen molar-refractivity contribution in [3.8, 4) is 5.75 Å². The number of carbonyl (C=O) groups excluding carboxylic acids is 4. The molecule has 1 spiro atoms. The van der Waals surface area contributed by atoms with Gasteiger partial charge in [-0.3, -0.25) is 24.1 Å². The van der Waals surface area contributed by atoms with Gasteiger partial charge in [-0.25, -0.2) is 4.98 Å². The van der Waals surface area contributed by atoms with Crippen molar-refractivity contribution in [1.29, 1.82) is 0 Å². The number of hydrogen-bond acceptors (Lipinski definition) is 9. The molecule has 1 saturated heterocycles. The molecule has 3 N–H and O–H groups in total. The number of likely N-dealkylation sites (tertiary alicyclic amines) is 1. The predicted octanol–water partition coefficient (Wildman–Crippen LogP) is 3.83. The summed E-state index contributed by atoms with van der Waals surface area (Å²) in [6.07, 6.45) is 8.42. The van der Waals surface area contributed by atoms with E-state index in [0.717, 1.165) is 19.3 Å². The topological polar surface area (TPSA) is 139 Å². The van der Waals surface area contributed by atoms with Crippen LogP contribution in [0.15, 0.2) is 36.5 Å².